The second-order valence-corrected chi connectivity index (χ2v) is 6.73. The molecule has 1 heterocycles. The number of carbonyl (C=O) groups is 1. The van der Waals surface area contributed by atoms with Gasteiger partial charge in [-0.3, -0.25) is 4.79 Å². The standard InChI is InChI=1S/C20H22ClN3O2/c1-13-12-15(21)9-10-18(13)26-11-5-8-19(25)22-14(2)20-23-16-6-3-4-7-17(16)24-20/h3-4,6-7,9-10,12,14H,5,8,11H2,1-2H3,(H,22,25)(H,23,24). The van der Waals surface area contributed by atoms with Crippen LogP contribution < -0.4 is 10.1 Å². The van der Waals surface area contributed by atoms with Gasteiger partial charge >= 0.3 is 0 Å². The van der Waals surface area contributed by atoms with Gasteiger partial charge in [0.05, 0.1) is 23.7 Å². The van der Waals surface area contributed by atoms with Crippen LogP contribution in [0.2, 0.25) is 5.02 Å². The summed E-state index contributed by atoms with van der Waals surface area (Å²) in [5.74, 6) is 1.53. The van der Waals surface area contributed by atoms with E-state index >= 15 is 0 Å². The van der Waals surface area contributed by atoms with E-state index in [2.05, 4.69) is 15.3 Å². The van der Waals surface area contributed by atoms with Gasteiger partial charge in [0, 0.05) is 11.4 Å². The Labute approximate surface area is 157 Å². The molecule has 0 saturated carbocycles. The van der Waals surface area contributed by atoms with Crippen LogP contribution in [0, 0.1) is 6.92 Å². The first-order valence-electron chi connectivity index (χ1n) is 8.66. The number of carbonyl (C=O) groups excluding carboxylic acids is 1. The Morgan fingerprint density at radius 1 is 1.31 bits per heavy atom. The van der Waals surface area contributed by atoms with E-state index < -0.39 is 0 Å². The van der Waals surface area contributed by atoms with Crippen molar-refractivity contribution in [1.29, 1.82) is 0 Å². The van der Waals surface area contributed by atoms with Gasteiger partial charge in [0.15, 0.2) is 0 Å². The molecule has 2 N–H and O–H groups in total. The van der Waals surface area contributed by atoms with E-state index in [1.165, 1.54) is 0 Å². The number of halogens is 1. The Morgan fingerprint density at radius 2 is 2.12 bits per heavy atom. The summed E-state index contributed by atoms with van der Waals surface area (Å²) < 4.78 is 5.71. The third-order valence-corrected chi connectivity index (χ3v) is 4.37. The number of H-pyrrole nitrogens is 1. The Kier molecular flexibility index (Phi) is 5.78. The summed E-state index contributed by atoms with van der Waals surface area (Å²) in [6, 6.07) is 13.1. The normalized spacial score (nSPS) is 12.1. The van der Waals surface area contributed by atoms with Gasteiger partial charge in [-0.05, 0) is 56.2 Å². The van der Waals surface area contributed by atoms with E-state index in [9.17, 15) is 4.79 Å². The van der Waals surface area contributed by atoms with E-state index in [1.807, 2.05) is 50.2 Å². The molecule has 0 bridgehead atoms. The fraction of sp³-hybridized carbons (Fsp3) is 0.300. The van der Waals surface area contributed by atoms with Crippen LogP contribution in [0.1, 0.15) is 37.2 Å². The number of nitrogens with one attached hydrogen (secondary N) is 2. The van der Waals surface area contributed by atoms with Crippen molar-refractivity contribution >= 4 is 28.5 Å². The monoisotopic (exact) mass is 371 g/mol. The molecular weight excluding hydrogens is 350 g/mol. The van der Waals surface area contributed by atoms with Crippen LogP contribution in [0.25, 0.3) is 11.0 Å². The summed E-state index contributed by atoms with van der Waals surface area (Å²) in [6.07, 6.45) is 1.04. The third kappa shape index (κ3) is 4.55. The van der Waals surface area contributed by atoms with Gasteiger partial charge in [0.2, 0.25) is 5.91 Å². The maximum atomic E-state index is 12.1. The molecule has 3 rings (SSSR count). The van der Waals surface area contributed by atoms with Crippen molar-refractivity contribution in [2.75, 3.05) is 6.61 Å². The molecule has 6 heteroatoms. The highest BCUT2D eigenvalue weighted by Gasteiger charge is 2.13. The predicted molar refractivity (Wildman–Crippen MR) is 104 cm³/mol. The van der Waals surface area contributed by atoms with Gasteiger partial charge in [0.1, 0.15) is 11.6 Å². The van der Waals surface area contributed by atoms with Gasteiger partial charge in [-0.15, -0.1) is 0 Å². The molecule has 0 fully saturated rings. The number of imidazole rings is 1. The number of ether oxygens (including phenoxy) is 1. The topological polar surface area (TPSA) is 67.0 Å². The van der Waals surface area contributed by atoms with E-state index in [1.54, 1.807) is 6.07 Å². The molecule has 0 saturated heterocycles. The molecule has 0 aliphatic carbocycles. The molecule has 2 aromatic carbocycles. The first-order valence-corrected chi connectivity index (χ1v) is 9.03. The molecule has 136 valence electrons. The molecule has 3 aromatic rings. The van der Waals surface area contributed by atoms with E-state index in [-0.39, 0.29) is 11.9 Å². The van der Waals surface area contributed by atoms with Crippen LogP contribution in [-0.4, -0.2) is 22.5 Å². The summed E-state index contributed by atoms with van der Waals surface area (Å²) in [5.41, 5.74) is 2.85. The zero-order valence-corrected chi connectivity index (χ0v) is 15.6. The van der Waals surface area contributed by atoms with Gasteiger partial charge in [-0.1, -0.05) is 23.7 Å². The second-order valence-electron chi connectivity index (χ2n) is 6.29. The van der Waals surface area contributed by atoms with Gasteiger partial charge < -0.3 is 15.0 Å². The quantitative estimate of drug-likeness (QED) is 0.598. The molecular formula is C20H22ClN3O2. The molecule has 26 heavy (non-hydrogen) atoms. The van der Waals surface area contributed by atoms with Crippen molar-refractivity contribution < 1.29 is 9.53 Å². The number of hydrogen-bond donors (Lipinski definition) is 2. The molecule has 5 nitrogen and oxygen atoms in total. The van der Waals surface area contributed by atoms with Crippen molar-refractivity contribution in [3.63, 3.8) is 0 Å². The fourth-order valence-corrected chi connectivity index (χ4v) is 2.98. The second kappa shape index (κ2) is 8.23. The van der Waals surface area contributed by atoms with Gasteiger partial charge in [-0.25, -0.2) is 4.98 Å². The minimum Gasteiger partial charge on any atom is -0.493 e. The maximum Gasteiger partial charge on any atom is 0.220 e. The van der Waals surface area contributed by atoms with E-state index in [0.29, 0.717) is 24.5 Å². The van der Waals surface area contributed by atoms with Crippen molar-refractivity contribution in [1.82, 2.24) is 15.3 Å². The first kappa shape index (κ1) is 18.3. The average molecular weight is 372 g/mol. The molecule has 0 aliphatic rings. The van der Waals surface area contributed by atoms with E-state index in [0.717, 1.165) is 28.2 Å². The Morgan fingerprint density at radius 3 is 2.88 bits per heavy atom. The SMILES string of the molecule is Cc1cc(Cl)ccc1OCCCC(=O)NC(C)c1nc2ccccc2[nH]1. The number of aryl methyl sites for hydroxylation is 1. The zero-order chi connectivity index (χ0) is 18.5. The van der Waals surface area contributed by atoms with Crippen molar-refractivity contribution in [3.05, 3.63) is 58.9 Å². The predicted octanol–water partition coefficient (Wildman–Crippen LogP) is 4.56. The number of para-hydroxylation sites is 2. The number of rotatable bonds is 7. The summed E-state index contributed by atoms with van der Waals surface area (Å²) >= 11 is 5.93. The highest BCUT2D eigenvalue weighted by atomic mass is 35.5. The van der Waals surface area contributed by atoms with Gasteiger partial charge in [0.25, 0.3) is 0 Å². The first-order chi connectivity index (χ1) is 12.5. The van der Waals surface area contributed by atoms with Crippen LogP contribution in [0.4, 0.5) is 0 Å². The number of aromatic nitrogens is 2. The van der Waals surface area contributed by atoms with Crippen LogP contribution >= 0.6 is 11.6 Å². The molecule has 0 spiro atoms. The maximum absolute atomic E-state index is 12.1. The molecule has 1 unspecified atom stereocenters. The zero-order valence-electron chi connectivity index (χ0n) is 14.9. The minimum atomic E-state index is -0.172. The lowest BCUT2D eigenvalue weighted by Gasteiger charge is -2.12. The van der Waals surface area contributed by atoms with Gasteiger partial charge in [-0.2, -0.15) is 0 Å². The number of fused-ring (bicyclic) bond motifs is 1. The summed E-state index contributed by atoms with van der Waals surface area (Å²) in [4.78, 5) is 19.9. The summed E-state index contributed by atoms with van der Waals surface area (Å²) in [6.45, 7) is 4.35. The third-order valence-electron chi connectivity index (χ3n) is 4.14. The number of amides is 1. The average Bonchev–Trinajstić information content (AvgIpc) is 3.04. The van der Waals surface area contributed by atoms with Crippen molar-refractivity contribution in [2.24, 2.45) is 0 Å². The molecule has 1 amide bonds. The number of aromatic amines is 1. The van der Waals surface area contributed by atoms with Crippen LogP contribution in [0.5, 0.6) is 5.75 Å². The van der Waals surface area contributed by atoms with Crippen LogP contribution in [0.15, 0.2) is 42.5 Å². The lowest BCUT2D eigenvalue weighted by atomic mass is 10.2. The molecule has 0 radical (unpaired) electrons. The van der Waals surface area contributed by atoms with Crippen LogP contribution in [0.3, 0.4) is 0 Å². The Balaban J connectivity index is 1.44. The number of benzene rings is 2. The highest BCUT2D eigenvalue weighted by molar-refractivity contribution is 6.30. The largest absolute Gasteiger partial charge is 0.493 e. The number of nitrogens with zero attached hydrogens (tertiary/aromatic N) is 1. The van der Waals surface area contributed by atoms with Crippen molar-refractivity contribution in [2.45, 2.75) is 32.7 Å². The summed E-state index contributed by atoms with van der Waals surface area (Å²) in [5, 5.41) is 3.66. The molecule has 0 aliphatic heterocycles. The Bertz CT molecular complexity index is 874. The minimum absolute atomic E-state index is 0.0191. The fourth-order valence-electron chi connectivity index (χ4n) is 2.75. The smallest absolute Gasteiger partial charge is 0.220 e. The molecule has 1 atom stereocenters. The summed E-state index contributed by atoms with van der Waals surface area (Å²) in [7, 11) is 0. The lowest BCUT2D eigenvalue weighted by Crippen LogP contribution is -2.27. The lowest BCUT2D eigenvalue weighted by molar-refractivity contribution is -0.122. The van der Waals surface area contributed by atoms with Crippen molar-refractivity contribution in [3.8, 4) is 5.75 Å². The Hall–Kier alpha value is -2.53. The molecule has 1 aromatic heterocycles. The van der Waals surface area contributed by atoms with E-state index in [4.69, 9.17) is 16.3 Å². The highest BCUT2D eigenvalue weighted by Crippen LogP contribution is 2.22. The number of hydrogen-bond acceptors (Lipinski definition) is 3. The van der Waals surface area contributed by atoms with Crippen LogP contribution in [-0.2, 0) is 4.79 Å².